The average Bonchev–Trinajstić information content (AvgIpc) is 2.89. The van der Waals surface area contributed by atoms with E-state index in [0.717, 1.165) is 50.5 Å². The highest BCUT2D eigenvalue weighted by atomic mass is 16.1. The van der Waals surface area contributed by atoms with Crippen LogP contribution in [0.1, 0.15) is 99.8 Å². The van der Waals surface area contributed by atoms with Crippen LogP contribution in [0, 0.1) is 68.0 Å². The third-order valence-corrected chi connectivity index (χ3v) is 13.5. The lowest BCUT2D eigenvalue weighted by atomic mass is 9.33. The van der Waals surface area contributed by atoms with Gasteiger partial charge in [-0.15, -0.1) is 0 Å². The Morgan fingerprint density at radius 2 is 1.74 bits per heavy atom. The van der Waals surface area contributed by atoms with Crippen LogP contribution < -0.4 is 5.32 Å². The number of Topliss-reactive ketones (excluding diaryl/α,β-unsaturated/α-hetero) is 1. The summed E-state index contributed by atoms with van der Waals surface area (Å²) in [6.45, 7) is 15.6. The molecule has 0 unspecified atom stereocenters. The summed E-state index contributed by atoms with van der Waals surface area (Å²) < 4.78 is 0. The second-order valence-electron chi connectivity index (χ2n) is 15.2. The summed E-state index contributed by atoms with van der Waals surface area (Å²) >= 11 is 0. The number of carbonyl (C=O) groups excluding carboxylic acids is 3. The zero-order valence-corrected chi connectivity index (χ0v) is 25.4. The van der Waals surface area contributed by atoms with E-state index in [1.807, 2.05) is 26.0 Å². The monoisotopic (exact) mass is 532 g/mol. The van der Waals surface area contributed by atoms with Gasteiger partial charge in [-0.05, 0) is 90.9 Å². The highest BCUT2D eigenvalue weighted by Crippen LogP contribution is 2.75. The van der Waals surface area contributed by atoms with E-state index < -0.39 is 10.8 Å². The van der Waals surface area contributed by atoms with Gasteiger partial charge in [-0.2, -0.15) is 5.26 Å². The molecule has 0 saturated heterocycles. The molecule has 0 aromatic carbocycles. The van der Waals surface area contributed by atoms with Gasteiger partial charge in [0.05, 0.1) is 5.57 Å². The fourth-order valence-electron chi connectivity index (χ4n) is 10.9. The van der Waals surface area contributed by atoms with Crippen molar-refractivity contribution < 1.29 is 14.4 Å². The summed E-state index contributed by atoms with van der Waals surface area (Å²) in [5, 5.41) is 12.7. The first-order valence-electron chi connectivity index (χ1n) is 15.3. The molecule has 0 aliphatic heterocycles. The largest absolute Gasteiger partial charge is 0.359 e. The van der Waals surface area contributed by atoms with Crippen molar-refractivity contribution in [3.63, 3.8) is 0 Å². The molecule has 0 aromatic rings. The normalized spacial score (nSPS) is 46.4. The molecule has 3 fully saturated rings. The van der Waals surface area contributed by atoms with E-state index in [4.69, 9.17) is 0 Å². The zero-order valence-electron chi connectivity index (χ0n) is 25.4. The van der Waals surface area contributed by atoms with E-state index in [9.17, 15) is 19.6 Å². The van der Waals surface area contributed by atoms with Crippen LogP contribution in [0.3, 0.4) is 0 Å². The molecule has 5 heteroatoms. The highest BCUT2D eigenvalue weighted by molar-refractivity contribution is 6.04. The van der Waals surface area contributed by atoms with E-state index in [0.29, 0.717) is 18.3 Å². The molecule has 0 aromatic heterocycles. The highest BCUT2D eigenvalue weighted by Gasteiger charge is 2.70. The maximum Gasteiger partial charge on any atom is 0.219 e. The molecule has 0 heterocycles. The Kier molecular flexibility index (Phi) is 6.45. The van der Waals surface area contributed by atoms with Gasteiger partial charge in [0.25, 0.3) is 0 Å². The average molecular weight is 533 g/mol. The van der Waals surface area contributed by atoms with Crippen molar-refractivity contribution in [2.75, 3.05) is 7.05 Å². The molecule has 3 saturated carbocycles. The number of allylic oxidation sites excluding steroid dienone is 4. The number of nitrogens with zero attached hydrogens (tertiary/aromatic N) is 1. The molecule has 0 bridgehead atoms. The van der Waals surface area contributed by atoms with Crippen LogP contribution in [-0.2, 0) is 14.4 Å². The number of hydrogen-bond acceptors (Lipinski definition) is 4. The van der Waals surface area contributed by atoms with Gasteiger partial charge in [-0.3, -0.25) is 14.4 Å². The van der Waals surface area contributed by atoms with Gasteiger partial charge < -0.3 is 5.32 Å². The molecule has 39 heavy (non-hydrogen) atoms. The van der Waals surface area contributed by atoms with E-state index in [1.165, 1.54) is 0 Å². The van der Waals surface area contributed by atoms with E-state index >= 15 is 0 Å². The minimum atomic E-state index is -0.646. The van der Waals surface area contributed by atoms with Crippen molar-refractivity contribution in [1.82, 2.24) is 5.32 Å². The Labute approximate surface area is 235 Å². The van der Waals surface area contributed by atoms with Crippen molar-refractivity contribution in [2.45, 2.75) is 99.8 Å². The number of nitrogens with one attached hydrogen (secondary N) is 1. The summed E-state index contributed by atoms with van der Waals surface area (Å²) in [4.78, 5) is 40.2. The minimum absolute atomic E-state index is 0.0220. The fourth-order valence-corrected chi connectivity index (χ4v) is 10.9. The first-order chi connectivity index (χ1) is 18.1. The number of hydrogen-bond donors (Lipinski definition) is 1. The van der Waals surface area contributed by atoms with Gasteiger partial charge in [0.15, 0.2) is 11.6 Å². The molecule has 0 radical (unpaired) electrons. The molecular formula is C34H48N2O3. The third-order valence-electron chi connectivity index (χ3n) is 13.5. The van der Waals surface area contributed by atoms with E-state index in [2.05, 4.69) is 46.0 Å². The SMILES string of the molecule is CNC(=O)CC[C@]12CC[C@@H](C)[C@H](C)[C@H]1[C@H]1C(=O)C=C3[C@@]4(C)C=C(C#N)C(=O)C(C)(C)[C@@H]4CC[C@@]3(C)[C@]1(C)CC2. The lowest BCUT2D eigenvalue weighted by Gasteiger charge is -2.69. The Bertz CT molecular complexity index is 1220. The molecule has 1 amide bonds. The molecule has 0 spiro atoms. The number of nitriles is 1. The first-order valence-corrected chi connectivity index (χ1v) is 15.3. The number of ketones is 2. The quantitative estimate of drug-likeness (QED) is 0.444. The van der Waals surface area contributed by atoms with Crippen LogP contribution in [0.5, 0.6) is 0 Å². The van der Waals surface area contributed by atoms with Gasteiger partial charge in [0, 0.05) is 30.2 Å². The van der Waals surface area contributed by atoms with Gasteiger partial charge in [0.1, 0.15) is 6.07 Å². The van der Waals surface area contributed by atoms with Crippen LogP contribution >= 0.6 is 0 Å². The smallest absolute Gasteiger partial charge is 0.219 e. The van der Waals surface area contributed by atoms with Crippen molar-refractivity contribution in [3.05, 3.63) is 23.3 Å². The van der Waals surface area contributed by atoms with Crippen molar-refractivity contribution in [2.24, 2.45) is 56.7 Å². The molecule has 5 rings (SSSR count). The Hall–Kier alpha value is -2.22. The molecular weight excluding hydrogens is 484 g/mol. The molecule has 9 atom stereocenters. The Balaban J connectivity index is 1.66. The lowest BCUT2D eigenvalue weighted by molar-refractivity contribution is -0.178. The van der Waals surface area contributed by atoms with Gasteiger partial charge >= 0.3 is 0 Å². The van der Waals surface area contributed by atoms with Crippen molar-refractivity contribution >= 4 is 17.5 Å². The molecule has 5 aliphatic carbocycles. The predicted octanol–water partition coefficient (Wildman–Crippen LogP) is 6.59. The number of carbonyl (C=O) groups is 3. The van der Waals surface area contributed by atoms with Gasteiger partial charge in [-0.1, -0.05) is 60.1 Å². The van der Waals surface area contributed by atoms with Gasteiger partial charge in [-0.25, -0.2) is 0 Å². The van der Waals surface area contributed by atoms with Crippen LogP contribution in [-0.4, -0.2) is 24.5 Å². The summed E-state index contributed by atoms with van der Waals surface area (Å²) in [7, 11) is 1.71. The van der Waals surface area contributed by atoms with E-state index in [1.54, 1.807) is 7.05 Å². The summed E-state index contributed by atoms with van der Waals surface area (Å²) in [6, 6.07) is 2.20. The number of amides is 1. The van der Waals surface area contributed by atoms with Crippen LogP contribution in [0.25, 0.3) is 0 Å². The summed E-state index contributed by atoms with van der Waals surface area (Å²) in [5.74, 6) is 1.48. The van der Waals surface area contributed by atoms with Crippen LogP contribution in [0.2, 0.25) is 0 Å². The minimum Gasteiger partial charge on any atom is -0.359 e. The van der Waals surface area contributed by atoms with Crippen molar-refractivity contribution in [3.8, 4) is 6.07 Å². The summed E-state index contributed by atoms with van der Waals surface area (Å²) in [5.41, 5.74) is -0.134. The van der Waals surface area contributed by atoms with Gasteiger partial charge in [0.2, 0.25) is 5.91 Å². The van der Waals surface area contributed by atoms with Crippen LogP contribution in [0.4, 0.5) is 0 Å². The Morgan fingerprint density at radius 1 is 1.05 bits per heavy atom. The second kappa shape index (κ2) is 8.89. The summed E-state index contributed by atoms with van der Waals surface area (Å²) in [6.07, 6.45) is 11.4. The predicted molar refractivity (Wildman–Crippen MR) is 152 cm³/mol. The molecule has 5 nitrogen and oxygen atoms in total. The van der Waals surface area contributed by atoms with Crippen molar-refractivity contribution in [1.29, 1.82) is 5.26 Å². The second-order valence-corrected chi connectivity index (χ2v) is 15.2. The topological polar surface area (TPSA) is 87.0 Å². The number of fused-ring (bicyclic) bond motifs is 7. The molecule has 212 valence electrons. The zero-order chi connectivity index (χ0) is 28.8. The standard InChI is InChI=1S/C34H48N2O3/c1-20-9-13-34(14-11-26(38)36-8)16-15-33(7)28(27(34)21(20)2)23(37)17-25-31(5)18-22(19-35)29(39)30(3,4)24(31)10-12-32(25,33)6/h17-18,20-21,24,27-28H,9-16H2,1-8H3,(H,36,38)/t20-,21+,24+,27+,28-,31+,32-,33-,34+/m1/s1. The molecule has 1 N–H and O–H groups in total. The fraction of sp³-hybridized carbons (Fsp3) is 0.765. The Morgan fingerprint density at radius 3 is 2.38 bits per heavy atom. The number of rotatable bonds is 3. The third kappa shape index (κ3) is 3.58. The maximum absolute atomic E-state index is 14.6. The maximum atomic E-state index is 14.6. The lowest BCUT2D eigenvalue weighted by Crippen LogP contribution is -2.65. The van der Waals surface area contributed by atoms with E-state index in [-0.39, 0.29) is 57.0 Å². The van der Waals surface area contributed by atoms with Crippen LogP contribution in [0.15, 0.2) is 23.3 Å². The molecule has 5 aliphatic rings. The first kappa shape index (κ1) is 28.3.